The van der Waals surface area contributed by atoms with E-state index in [-0.39, 0.29) is 11.5 Å². The number of ether oxygens (including phenoxy) is 2. The van der Waals surface area contributed by atoms with Gasteiger partial charge in [-0.25, -0.2) is 0 Å². The summed E-state index contributed by atoms with van der Waals surface area (Å²) in [7, 11) is 0. The predicted octanol–water partition coefficient (Wildman–Crippen LogP) is 2.77. The van der Waals surface area contributed by atoms with E-state index in [1.54, 1.807) is 0 Å². The average Bonchev–Trinajstić information content (AvgIpc) is 3.34. The smallest absolute Gasteiger partial charge is 0.256 e. The molecular formula is C24H35N3O3. The molecule has 1 aromatic rings. The Bertz CT molecular complexity index is 741. The largest absolute Gasteiger partial charge is 0.378 e. The first-order chi connectivity index (χ1) is 14.8. The van der Waals surface area contributed by atoms with Gasteiger partial charge in [0.05, 0.1) is 31.9 Å². The third-order valence-corrected chi connectivity index (χ3v) is 7.50. The number of benzene rings is 1. The summed E-state index contributed by atoms with van der Waals surface area (Å²) in [5.41, 5.74) is 1.68. The Morgan fingerprint density at radius 1 is 0.933 bits per heavy atom. The Kier molecular flexibility index (Phi) is 5.98. The molecule has 0 radical (unpaired) electrons. The first-order valence-corrected chi connectivity index (χ1v) is 11.9. The molecule has 4 aliphatic rings. The van der Waals surface area contributed by atoms with Gasteiger partial charge in [-0.05, 0) is 50.9 Å². The predicted molar refractivity (Wildman–Crippen MR) is 117 cm³/mol. The Balaban J connectivity index is 1.38. The fraction of sp³-hybridized carbons (Fsp3) is 0.708. The van der Waals surface area contributed by atoms with Crippen molar-refractivity contribution in [2.24, 2.45) is 0 Å². The molecule has 6 heteroatoms. The molecular weight excluding hydrogens is 378 g/mol. The van der Waals surface area contributed by atoms with Gasteiger partial charge in [0, 0.05) is 31.4 Å². The van der Waals surface area contributed by atoms with E-state index < -0.39 is 0 Å². The molecule has 3 aliphatic heterocycles. The van der Waals surface area contributed by atoms with Crippen LogP contribution >= 0.6 is 0 Å². The lowest BCUT2D eigenvalue weighted by Gasteiger charge is -2.52. The lowest BCUT2D eigenvalue weighted by molar-refractivity contribution is -0.156. The Morgan fingerprint density at radius 2 is 1.73 bits per heavy atom. The average molecular weight is 414 g/mol. The molecule has 2 atom stereocenters. The third-order valence-electron chi connectivity index (χ3n) is 7.50. The molecule has 5 rings (SSSR count). The molecule has 0 aromatic heterocycles. The number of amides is 1. The minimum absolute atomic E-state index is 0.158. The molecule has 6 nitrogen and oxygen atoms in total. The van der Waals surface area contributed by atoms with Crippen LogP contribution in [0.4, 0.5) is 5.69 Å². The van der Waals surface area contributed by atoms with E-state index in [1.165, 1.54) is 45.2 Å². The first kappa shape index (κ1) is 20.3. The molecule has 30 heavy (non-hydrogen) atoms. The maximum Gasteiger partial charge on any atom is 0.256 e. The minimum Gasteiger partial charge on any atom is -0.378 e. The van der Waals surface area contributed by atoms with Gasteiger partial charge in [0.1, 0.15) is 5.60 Å². The SMILES string of the molecule is O=C(c1ccccc1N1CCOCC1)N1CCO[C@]2(CCCC[C@@H]2N2CCCC2)C1. The molecule has 3 heterocycles. The fourth-order valence-corrected chi connectivity index (χ4v) is 6.00. The molecule has 3 saturated heterocycles. The number of likely N-dealkylation sites (tertiary alicyclic amines) is 1. The number of nitrogens with zero attached hydrogens (tertiary/aromatic N) is 3. The number of para-hydroxylation sites is 1. The van der Waals surface area contributed by atoms with Crippen molar-refractivity contribution in [3.8, 4) is 0 Å². The molecule has 0 bridgehead atoms. The number of carbonyl (C=O) groups excluding carboxylic acids is 1. The maximum absolute atomic E-state index is 13.7. The lowest BCUT2D eigenvalue weighted by Crippen LogP contribution is -2.64. The second-order valence-corrected chi connectivity index (χ2v) is 9.26. The number of hydrogen-bond acceptors (Lipinski definition) is 5. The van der Waals surface area contributed by atoms with E-state index in [0.29, 0.717) is 19.2 Å². The van der Waals surface area contributed by atoms with Gasteiger partial charge in [-0.15, -0.1) is 0 Å². The van der Waals surface area contributed by atoms with Gasteiger partial charge in [-0.2, -0.15) is 0 Å². The van der Waals surface area contributed by atoms with E-state index in [4.69, 9.17) is 9.47 Å². The summed E-state index contributed by atoms with van der Waals surface area (Å²) in [6.07, 6.45) is 7.34. The van der Waals surface area contributed by atoms with E-state index >= 15 is 0 Å². The van der Waals surface area contributed by atoms with E-state index in [1.807, 2.05) is 18.2 Å². The third kappa shape index (κ3) is 3.85. The van der Waals surface area contributed by atoms with Crippen LogP contribution in [0.25, 0.3) is 0 Å². The van der Waals surface area contributed by atoms with Crippen molar-refractivity contribution in [3.05, 3.63) is 29.8 Å². The highest BCUT2D eigenvalue weighted by Gasteiger charge is 2.48. The molecule has 164 valence electrons. The van der Waals surface area contributed by atoms with E-state index in [0.717, 1.165) is 50.5 Å². The van der Waals surface area contributed by atoms with Crippen molar-refractivity contribution in [1.29, 1.82) is 0 Å². The second-order valence-electron chi connectivity index (χ2n) is 9.26. The monoisotopic (exact) mass is 413 g/mol. The molecule has 1 aliphatic carbocycles. The van der Waals surface area contributed by atoms with Crippen molar-refractivity contribution < 1.29 is 14.3 Å². The first-order valence-electron chi connectivity index (χ1n) is 11.9. The standard InChI is InChI=1S/C24H35N3O3/c28-23(20-7-1-2-8-21(20)25-13-16-29-17-14-25)27-15-18-30-24(19-27)10-4-3-9-22(24)26-11-5-6-12-26/h1-2,7-8,22H,3-6,9-19H2/t22-,24+/m0/s1. The van der Waals surface area contributed by atoms with Crippen LogP contribution in [0.1, 0.15) is 48.9 Å². The normalized spacial score (nSPS) is 30.7. The van der Waals surface area contributed by atoms with Gasteiger partial charge >= 0.3 is 0 Å². The zero-order valence-corrected chi connectivity index (χ0v) is 18.1. The summed E-state index contributed by atoms with van der Waals surface area (Å²) in [6.45, 7) is 7.56. The van der Waals surface area contributed by atoms with E-state index in [9.17, 15) is 4.79 Å². The highest BCUT2D eigenvalue weighted by molar-refractivity contribution is 6.00. The van der Waals surface area contributed by atoms with Crippen molar-refractivity contribution in [2.45, 2.75) is 50.2 Å². The van der Waals surface area contributed by atoms with Crippen LogP contribution in [0.15, 0.2) is 24.3 Å². The molecule has 1 amide bonds. The van der Waals surface area contributed by atoms with Gasteiger partial charge in [-0.3, -0.25) is 9.69 Å². The lowest BCUT2D eigenvalue weighted by atomic mass is 9.78. The van der Waals surface area contributed by atoms with Crippen molar-refractivity contribution in [3.63, 3.8) is 0 Å². The number of morpholine rings is 2. The van der Waals surface area contributed by atoms with Gasteiger partial charge in [-0.1, -0.05) is 25.0 Å². The Morgan fingerprint density at radius 3 is 2.57 bits per heavy atom. The van der Waals surface area contributed by atoms with Crippen molar-refractivity contribution >= 4 is 11.6 Å². The van der Waals surface area contributed by atoms with Gasteiger partial charge in [0.2, 0.25) is 0 Å². The summed E-state index contributed by atoms with van der Waals surface area (Å²) in [5.74, 6) is 0.158. The minimum atomic E-state index is -0.190. The van der Waals surface area contributed by atoms with Gasteiger partial charge in [0.15, 0.2) is 0 Å². The number of carbonyl (C=O) groups is 1. The van der Waals surface area contributed by atoms with Gasteiger partial charge in [0.25, 0.3) is 5.91 Å². The number of anilines is 1. The van der Waals surface area contributed by atoms with Crippen molar-refractivity contribution in [2.75, 3.05) is 64.0 Å². The number of hydrogen-bond donors (Lipinski definition) is 0. The maximum atomic E-state index is 13.7. The molecule has 0 N–H and O–H groups in total. The van der Waals surface area contributed by atoms with E-state index in [2.05, 4.69) is 20.8 Å². The summed E-state index contributed by atoms with van der Waals surface area (Å²) < 4.78 is 12.0. The Hall–Kier alpha value is -1.63. The highest BCUT2D eigenvalue weighted by Crippen LogP contribution is 2.39. The summed E-state index contributed by atoms with van der Waals surface area (Å²) in [6, 6.07) is 8.56. The summed E-state index contributed by atoms with van der Waals surface area (Å²) >= 11 is 0. The van der Waals surface area contributed by atoms with Crippen molar-refractivity contribution in [1.82, 2.24) is 9.80 Å². The Labute approximate surface area is 180 Å². The topological polar surface area (TPSA) is 45.3 Å². The summed E-state index contributed by atoms with van der Waals surface area (Å²) in [5, 5.41) is 0. The zero-order valence-electron chi connectivity index (χ0n) is 18.1. The van der Waals surface area contributed by atoms with Gasteiger partial charge < -0.3 is 19.3 Å². The highest BCUT2D eigenvalue weighted by atomic mass is 16.5. The van der Waals surface area contributed by atoms with Crippen LogP contribution in [-0.4, -0.2) is 86.4 Å². The number of rotatable bonds is 3. The quantitative estimate of drug-likeness (QED) is 0.763. The molecule has 1 aromatic carbocycles. The molecule has 1 saturated carbocycles. The van der Waals surface area contributed by atoms with Crippen LogP contribution in [-0.2, 0) is 9.47 Å². The molecule has 1 spiro atoms. The van der Waals surface area contributed by atoms with Crippen LogP contribution in [0.3, 0.4) is 0 Å². The van der Waals surface area contributed by atoms with Crippen LogP contribution in [0.5, 0.6) is 0 Å². The van der Waals surface area contributed by atoms with Crippen LogP contribution in [0.2, 0.25) is 0 Å². The van der Waals surface area contributed by atoms with Crippen LogP contribution < -0.4 is 4.90 Å². The summed E-state index contributed by atoms with van der Waals surface area (Å²) in [4.78, 5) is 20.7. The molecule has 0 unspecified atom stereocenters. The zero-order chi connectivity index (χ0) is 20.4. The second kappa shape index (κ2) is 8.85. The fourth-order valence-electron chi connectivity index (χ4n) is 6.00. The molecule has 4 fully saturated rings. The van der Waals surface area contributed by atoms with Crippen LogP contribution in [0, 0.1) is 0 Å².